The zero-order valence-electron chi connectivity index (χ0n) is 9.69. The van der Waals surface area contributed by atoms with E-state index in [1.807, 2.05) is 4.57 Å². The number of hydrogen-bond donors (Lipinski definition) is 1. The predicted molar refractivity (Wildman–Crippen MR) is 66.2 cm³/mol. The summed E-state index contributed by atoms with van der Waals surface area (Å²) in [6.07, 6.45) is 5.45. The van der Waals surface area contributed by atoms with E-state index in [0.29, 0.717) is 4.77 Å². The second kappa shape index (κ2) is 4.14. The van der Waals surface area contributed by atoms with E-state index in [1.165, 1.54) is 25.3 Å². The first-order valence-electron chi connectivity index (χ1n) is 5.51. The number of likely N-dealkylation sites (N-methyl/N-ethyl adjacent to an activating group) is 1. The van der Waals surface area contributed by atoms with Crippen LogP contribution in [0.2, 0.25) is 0 Å². The van der Waals surface area contributed by atoms with Crippen molar-refractivity contribution in [3.8, 4) is 0 Å². The van der Waals surface area contributed by atoms with Crippen molar-refractivity contribution in [2.75, 3.05) is 14.1 Å². The fourth-order valence-corrected chi connectivity index (χ4v) is 2.44. The van der Waals surface area contributed by atoms with Gasteiger partial charge in [-0.3, -0.25) is 9.78 Å². The topological polar surface area (TPSA) is 41.0 Å². The first kappa shape index (κ1) is 11.5. The maximum absolute atomic E-state index is 11.1. The molecule has 0 unspecified atom stereocenters. The highest BCUT2D eigenvalue weighted by Crippen LogP contribution is 2.37. The minimum Gasteiger partial charge on any atom is -0.323 e. The number of nitrogens with one attached hydrogen (secondary N) is 1. The van der Waals surface area contributed by atoms with Crippen LogP contribution < -0.4 is 5.56 Å². The van der Waals surface area contributed by atoms with Gasteiger partial charge in [0.05, 0.1) is 0 Å². The molecule has 1 aromatic heterocycles. The smallest absolute Gasteiger partial charge is 0.251 e. The Balaban J connectivity index is 2.26. The normalized spacial score (nSPS) is 18.4. The first-order valence-corrected chi connectivity index (χ1v) is 5.92. The van der Waals surface area contributed by atoms with Gasteiger partial charge in [-0.2, -0.15) is 0 Å². The number of H-pyrrole nitrogens is 1. The number of aromatic nitrogens is 2. The summed E-state index contributed by atoms with van der Waals surface area (Å²) in [6, 6.07) is 1.53. The molecule has 0 aromatic carbocycles. The molecule has 2 rings (SSSR count). The Kier molecular flexibility index (Phi) is 2.99. The molecular formula is C11H17N3OS. The minimum absolute atomic E-state index is 0.131. The van der Waals surface area contributed by atoms with Crippen LogP contribution in [0.1, 0.15) is 19.3 Å². The third-order valence-corrected chi connectivity index (χ3v) is 3.93. The van der Waals surface area contributed by atoms with Gasteiger partial charge in [-0.25, -0.2) is 0 Å². The molecule has 0 atom stereocenters. The molecule has 1 aromatic rings. The molecule has 1 N–H and O–H groups in total. The quantitative estimate of drug-likeness (QED) is 0.810. The van der Waals surface area contributed by atoms with Crippen molar-refractivity contribution in [1.82, 2.24) is 14.5 Å². The van der Waals surface area contributed by atoms with E-state index < -0.39 is 0 Å². The van der Waals surface area contributed by atoms with Gasteiger partial charge >= 0.3 is 0 Å². The third-order valence-electron chi connectivity index (χ3n) is 3.59. The van der Waals surface area contributed by atoms with Crippen molar-refractivity contribution >= 4 is 12.2 Å². The van der Waals surface area contributed by atoms with Crippen molar-refractivity contribution < 1.29 is 0 Å². The van der Waals surface area contributed by atoms with Crippen molar-refractivity contribution in [1.29, 1.82) is 0 Å². The van der Waals surface area contributed by atoms with Gasteiger partial charge in [-0.1, -0.05) is 0 Å². The van der Waals surface area contributed by atoms with Crippen molar-refractivity contribution in [2.45, 2.75) is 31.3 Å². The lowest BCUT2D eigenvalue weighted by Gasteiger charge is -2.47. The lowest BCUT2D eigenvalue weighted by atomic mass is 9.75. The zero-order valence-corrected chi connectivity index (χ0v) is 10.5. The highest BCUT2D eigenvalue weighted by Gasteiger charge is 2.39. The number of aromatic amines is 1. The molecule has 1 aliphatic carbocycles. The van der Waals surface area contributed by atoms with Crippen LogP contribution in [-0.4, -0.2) is 34.1 Å². The standard InChI is InChI=1S/C11H17N3OS/c1-13(2)11(5-3-6-11)8-14-7-4-9(15)12-10(14)16/h4,7H,3,5-6,8H2,1-2H3,(H,12,15,16). The summed E-state index contributed by atoms with van der Waals surface area (Å²) in [5.41, 5.74) is 0.0879. The largest absolute Gasteiger partial charge is 0.323 e. The summed E-state index contributed by atoms with van der Waals surface area (Å²) in [5.74, 6) is 0. The van der Waals surface area contributed by atoms with Crippen LogP contribution in [0.3, 0.4) is 0 Å². The third kappa shape index (κ3) is 1.97. The lowest BCUT2D eigenvalue weighted by molar-refractivity contribution is 0.0415. The van der Waals surface area contributed by atoms with E-state index in [0.717, 1.165) is 6.54 Å². The van der Waals surface area contributed by atoms with E-state index in [2.05, 4.69) is 24.0 Å². The number of rotatable bonds is 3. The average molecular weight is 239 g/mol. The van der Waals surface area contributed by atoms with Crippen molar-refractivity contribution in [3.63, 3.8) is 0 Å². The Morgan fingerprint density at radius 2 is 2.25 bits per heavy atom. The Bertz CT molecular complexity index is 484. The van der Waals surface area contributed by atoms with Gasteiger partial charge in [0.15, 0.2) is 4.77 Å². The second-order valence-corrected chi connectivity index (χ2v) is 5.10. The molecule has 1 heterocycles. The molecule has 4 nitrogen and oxygen atoms in total. The van der Waals surface area contributed by atoms with E-state index in [-0.39, 0.29) is 11.1 Å². The maximum atomic E-state index is 11.1. The Morgan fingerprint density at radius 3 is 2.69 bits per heavy atom. The monoisotopic (exact) mass is 239 g/mol. The highest BCUT2D eigenvalue weighted by molar-refractivity contribution is 7.71. The first-order chi connectivity index (χ1) is 7.53. The SMILES string of the molecule is CN(C)C1(Cn2ccc(=O)[nH]c2=S)CCC1. The van der Waals surface area contributed by atoms with Crippen LogP contribution in [-0.2, 0) is 6.54 Å². The molecule has 0 bridgehead atoms. The predicted octanol–water partition coefficient (Wildman–Crippen LogP) is 1.39. The molecule has 0 radical (unpaired) electrons. The van der Waals surface area contributed by atoms with Gasteiger partial charge in [-0.15, -0.1) is 0 Å². The number of nitrogens with zero attached hydrogens (tertiary/aromatic N) is 2. The molecule has 0 aliphatic heterocycles. The average Bonchev–Trinajstić information content (AvgIpc) is 2.13. The summed E-state index contributed by atoms with van der Waals surface area (Å²) in [6.45, 7) is 0.857. The highest BCUT2D eigenvalue weighted by atomic mass is 32.1. The van der Waals surface area contributed by atoms with Crippen LogP contribution >= 0.6 is 12.2 Å². The molecule has 0 spiro atoms. The van der Waals surface area contributed by atoms with Crippen LogP contribution in [0, 0.1) is 4.77 Å². The van der Waals surface area contributed by atoms with E-state index in [1.54, 1.807) is 6.20 Å². The Labute approximate surface area is 99.9 Å². The zero-order chi connectivity index (χ0) is 11.8. The van der Waals surface area contributed by atoms with E-state index >= 15 is 0 Å². The van der Waals surface area contributed by atoms with Gasteiger partial charge in [0.2, 0.25) is 0 Å². The van der Waals surface area contributed by atoms with Crippen LogP contribution in [0.4, 0.5) is 0 Å². The molecule has 88 valence electrons. The van der Waals surface area contributed by atoms with E-state index in [4.69, 9.17) is 12.2 Å². The summed E-state index contributed by atoms with van der Waals surface area (Å²) < 4.78 is 2.47. The Hall–Kier alpha value is -0.940. The van der Waals surface area contributed by atoms with Crippen molar-refractivity contribution in [2.24, 2.45) is 0 Å². The van der Waals surface area contributed by atoms with E-state index in [9.17, 15) is 4.79 Å². The molecule has 0 amide bonds. The van der Waals surface area contributed by atoms with Crippen LogP contribution in [0.25, 0.3) is 0 Å². The molecule has 16 heavy (non-hydrogen) atoms. The fraction of sp³-hybridized carbons (Fsp3) is 0.636. The van der Waals surface area contributed by atoms with Crippen LogP contribution in [0.15, 0.2) is 17.1 Å². The molecule has 5 heteroatoms. The lowest BCUT2D eigenvalue weighted by Crippen LogP contribution is -2.53. The van der Waals surface area contributed by atoms with Gasteiger partial charge < -0.3 is 9.47 Å². The van der Waals surface area contributed by atoms with Gasteiger partial charge in [0.25, 0.3) is 5.56 Å². The van der Waals surface area contributed by atoms with Gasteiger partial charge in [-0.05, 0) is 45.6 Å². The Morgan fingerprint density at radius 1 is 1.56 bits per heavy atom. The fourth-order valence-electron chi connectivity index (χ4n) is 2.22. The minimum atomic E-state index is -0.131. The summed E-state index contributed by atoms with van der Waals surface area (Å²) in [5, 5.41) is 0. The van der Waals surface area contributed by atoms with Gasteiger partial charge in [0, 0.05) is 24.3 Å². The maximum Gasteiger partial charge on any atom is 0.251 e. The second-order valence-electron chi connectivity index (χ2n) is 4.71. The van der Waals surface area contributed by atoms with Gasteiger partial charge in [0.1, 0.15) is 0 Å². The van der Waals surface area contributed by atoms with Crippen LogP contribution in [0.5, 0.6) is 0 Å². The molecule has 1 saturated carbocycles. The summed E-state index contributed by atoms with van der Waals surface area (Å²) in [4.78, 5) is 16.0. The number of hydrogen-bond acceptors (Lipinski definition) is 3. The molecule has 0 saturated heterocycles. The summed E-state index contributed by atoms with van der Waals surface area (Å²) >= 11 is 5.15. The molecular weight excluding hydrogens is 222 g/mol. The molecule has 1 fully saturated rings. The van der Waals surface area contributed by atoms with Crippen molar-refractivity contribution in [3.05, 3.63) is 27.4 Å². The molecule has 1 aliphatic rings. The summed E-state index contributed by atoms with van der Waals surface area (Å²) in [7, 11) is 4.21.